The summed E-state index contributed by atoms with van der Waals surface area (Å²) in [6.07, 6.45) is 6.14. The maximum absolute atomic E-state index is 5.83. The quantitative estimate of drug-likeness (QED) is 0.447. The normalized spacial score (nSPS) is 10.4. The molecule has 4 aromatic rings. The second kappa shape index (κ2) is 9.52. The van der Waals surface area contributed by atoms with E-state index in [-0.39, 0.29) is 0 Å². The first-order chi connectivity index (χ1) is 14.8. The van der Waals surface area contributed by atoms with Crippen molar-refractivity contribution in [1.29, 1.82) is 0 Å². The molecule has 1 N–H and O–H groups in total. The van der Waals surface area contributed by atoms with Crippen LogP contribution in [0.5, 0.6) is 11.5 Å². The fourth-order valence-corrected chi connectivity index (χ4v) is 2.96. The Kier molecular flexibility index (Phi) is 6.15. The molecule has 30 heavy (non-hydrogen) atoms. The number of benzene rings is 2. The van der Waals surface area contributed by atoms with Crippen LogP contribution in [0.1, 0.15) is 5.56 Å². The molecule has 0 saturated carbocycles. The Hall–Kier alpha value is -3.93. The molecule has 0 spiro atoms. The van der Waals surface area contributed by atoms with Crippen molar-refractivity contribution in [3.05, 3.63) is 97.1 Å². The summed E-state index contributed by atoms with van der Waals surface area (Å²) in [6, 6.07) is 23.5. The molecule has 2 aromatic heterocycles. The van der Waals surface area contributed by atoms with E-state index >= 15 is 0 Å². The van der Waals surface area contributed by atoms with Gasteiger partial charge in [-0.05, 0) is 60.5 Å². The summed E-state index contributed by atoms with van der Waals surface area (Å²) in [6.45, 7) is 0.853. The molecular formula is C24H23N5O. The first-order valence-electron chi connectivity index (χ1n) is 9.78. The van der Waals surface area contributed by atoms with Gasteiger partial charge in [-0.25, -0.2) is 9.97 Å². The van der Waals surface area contributed by atoms with Crippen LogP contribution in [0.4, 0.5) is 17.3 Å². The van der Waals surface area contributed by atoms with E-state index in [9.17, 15) is 0 Å². The Morgan fingerprint density at radius 2 is 1.60 bits per heavy atom. The number of para-hydroxylation sites is 1. The first-order valence-corrected chi connectivity index (χ1v) is 9.78. The topological polar surface area (TPSA) is 63.2 Å². The average Bonchev–Trinajstić information content (AvgIpc) is 2.80. The summed E-state index contributed by atoms with van der Waals surface area (Å²) in [5.41, 5.74) is 2.18. The highest BCUT2D eigenvalue weighted by Gasteiger charge is 2.06. The fraction of sp³-hybridized carbons (Fsp3) is 0.125. The highest BCUT2D eigenvalue weighted by Crippen LogP contribution is 2.24. The molecule has 0 saturated heterocycles. The molecule has 4 rings (SSSR count). The molecule has 0 radical (unpaired) electrons. The lowest BCUT2D eigenvalue weighted by Crippen LogP contribution is -2.21. The Balaban J connectivity index is 1.36. The number of ether oxygens (including phenoxy) is 1. The lowest BCUT2D eigenvalue weighted by molar-refractivity contribution is 0.483. The average molecular weight is 397 g/mol. The van der Waals surface area contributed by atoms with Crippen molar-refractivity contribution in [3.63, 3.8) is 0 Å². The van der Waals surface area contributed by atoms with E-state index in [1.54, 1.807) is 6.33 Å². The van der Waals surface area contributed by atoms with Crippen molar-refractivity contribution < 1.29 is 4.74 Å². The van der Waals surface area contributed by atoms with Gasteiger partial charge < -0.3 is 15.0 Å². The summed E-state index contributed by atoms with van der Waals surface area (Å²) >= 11 is 0. The van der Waals surface area contributed by atoms with Crippen LogP contribution in [0.25, 0.3) is 0 Å². The number of anilines is 3. The third-order valence-corrected chi connectivity index (χ3v) is 4.63. The van der Waals surface area contributed by atoms with E-state index in [4.69, 9.17) is 4.74 Å². The third kappa shape index (κ3) is 5.32. The third-order valence-electron chi connectivity index (χ3n) is 4.63. The van der Waals surface area contributed by atoms with Gasteiger partial charge in [-0.1, -0.05) is 18.2 Å². The van der Waals surface area contributed by atoms with Crippen LogP contribution in [-0.4, -0.2) is 28.5 Å². The van der Waals surface area contributed by atoms with Gasteiger partial charge in [0.1, 0.15) is 29.5 Å². The van der Waals surface area contributed by atoms with Gasteiger partial charge in [0.15, 0.2) is 0 Å². The highest BCUT2D eigenvalue weighted by atomic mass is 16.5. The van der Waals surface area contributed by atoms with Crippen molar-refractivity contribution in [3.8, 4) is 11.5 Å². The van der Waals surface area contributed by atoms with Gasteiger partial charge in [-0.3, -0.25) is 4.98 Å². The number of nitrogens with one attached hydrogen (secondary N) is 1. The van der Waals surface area contributed by atoms with Crippen LogP contribution in [0.15, 0.2) is 91.5 Å². The summed E-state index contributed by atoms with van der Waals surface area (Å²) in [5.74, 6) is 3.21. The van der Waals surface area contributed by atoms with Gasteiger partial charge in [0.25, 0.3) is 0 Å². The Labute approximate surface area is 176 Å². The molecule has 0 fully saturated rings. The van der Waals surface area contributed by atoms with Crippen LogP contribution >= 0.6 is 0 Å². The first kappa shape index (κ1) is 19.4. The van der Waals surface area contributed by atoms with Gasteiger partial charge in [0.2, 0.25) is 0 Å². The number of aromatic nitrogens is 3. The molecule has 2 aromatic carbocycles. The van der Waals surface area contributed by atoms with Gasteiger partial charge in [0, 0.05) is 37.7 Å². The van der Waals surface area contributed by atoms with Crippen LogP contribution in [0.3, 0.4) is 0 Å². The second-order valence-electron chi connectivity index (χ2n) is 6.85. The predicted octanol–water partition coefficient (Wildman–Crippen LogP) is 5.09. The smallest absolute Gasteiger partial charge is 0.135 e. The van der Waals surface area contributed by atoms with Crippen LogP contribution < -0.4 is 15.0 Å². The summed E-state index contributed by atoms with van der Waals surface area (Å²) in [4.78, 5) is 14.9. The van der Waals surface area contributed by atoms with E-state index in [1.165, 1.54) is 5.56 Å². The van der Waals surface area contributed by atoms with Gasteiger partial charge >= 0.3 is 0 Å². The number of nitrogens with zero attached hydrogens (tertiary/aromatic N) is 4. The molecule has 2 heterocycles. The number of hydrogen-bond acceptors (Lipinski definition) is 6. The maximum atomic E-state index is 5.83. The number of rotatable bonds is 8. The zero-order valence-electron chi connectivity index (χ0n) is 16.8. The van der Waals surface area contributed by atoms with Gasteiger partial charge in [0.05, 0.1) is 0 Å². The van der Waals surface area contributed by atoms with Crippen molar-refractivity contribution >= 4 is 17.3 Å². The van der Waals surface area contributed by atoms with Gasteiger partial charge in [-0.15, -0.1) is 0 Å². The minimum Gasteiger partial charge on any atom is -0.457 e. The molecule has 0 aliphatic carbocycles. The molecule has 0 amide bonds. The van der Waals surface area contributed by atoms with Crippen LogP contribution in [0.2, 0.25) is 0 Å². The molecule has 150 valence electrons. The van der Waals surface area contributed by atoms with E-state index < -0.39 is 0 Å². The SMILES string of the molecule is CN(CCc1ccncc1)c1cc(Nc2ccc(Oc3ccccc3)cc2)ncn1. The molecule has 0 bridgehead atoms. The Morgan fingerprint density at radius 1 is 0.867 bits per heavy atom. The molecule has 0 aliphatic rings. The molecule has 0 atom stereocenters. The summed E-state index contributed by atoms with van der Waals surface area (Å²) in [7, 11) is 2.03. The number of likely N-dealkylation sites (N-methyl/N-ethyl adjacent to an activating group) is 1. The van der Waals surface area contributed by atoms with Crippen molar-refractivity contribution in [1.82, 2.24) is 15.0 Å². The maximum Gasteiger partial charge on any atom is 0.135 e. The van der Waals surface area contributed by atoms with E-state index in [0.717, 1.165) is 41.8 Å². The standard InChI is InChI=1S/C24H23N5O/c1-29(16-13-19-11-14-25-15-12-19)24-17-23(26-18-27-24)28-20-7-9-22(10-8-20)30-21-5-3-2-4-6-21/h2-12,14-15,17-18H,13,16H2,1H3,(H,26,27,28). The predicted molar refractivity (Wildman–Crippen MR) is 119 cm³/mol. The summed E-state index contributed by atoms with van der Waals surface area (Å²) < 4.78 is 5.83. The summed E-state index contributed by atoms with van der Waals surface area (Å²) in [5, 5.41) is 3.32. The van der Waals surface area contributed by atoms with Crippen molar-refractivity contribution in [2.75, 3.05) is 23.8 Å². The largest absolute Gasteiger partial charge is 0.457 e. The van der Waals surface area contributed by atoms with E-state index in [0.29, 0.717) is 0 Å². The van der Waals surface area contributed by atoms with Crippen molar-refractivity contribution in [2.24, 2.45) is 0 Å². The van der Waals surface area contributed by atoms with Gasteiger partial charge in [-0.2, -0.15) is 0 Å². The Bertz CT molecular complexity index is 1060. The highest BCUT2D eigenvalue weighted by molar-refractivity contribution is 5.60. The minimum absolute atomic E-state index is 0.743. The van der Waals surface area contributed by atoms with E-state index in [1.807, 2.05) is 92.2 Å². The molecule has 0 unspecified atom stereocenters. The van der Waals surface area contributed by atoms with E-state index in [2.05, 4.69) is 25.2 Å². The fourth-order valence-electron chi connectivity index (χ4n) is 2.96. The molecule has 6 nitrogen and oxygen atoms in total. The zero-order valence-corrected chi connectivity index (χ0v) is 16.8. The molecule has 0 aliphatic heterocycles. The number of hydrogen-bond donors (Lipinski definition) is 1. The molecule has 6 heteroatoms. The van der Waals surface area contributed by atoms with Crippen molar-refractivity contribution in [2.45, 2.75) is 6.42 Å². The monoisotopic (exact) mass is 397 g/mol. The van der Waals surface area contributed by atoms with Crippen LogP contribution in [-0.2, 0) is 6.42 Å². The lowest BCUT2D eigenvalue weighted by Gasteiger charge is -2.18. The minimum atomic E-state index is 0.743. The number of pyridine rings is 1. The zero-order chi connectivity index (χ0) is 20.6. The molecular weight excluding hydrogens is 374 g/mol. The Morgan fingerprint density at radius 3 is 2.37 bits per heavy atom. The lowest BCUT2D eigenvalue weighted by atomic mass is 10.2. The second-order valence-corrected chi connectivity index (χ2v) is 6.85. The van der Waals surface area contributed by atoms with Crippen LogP contribution in [0, 0.1) is 0 Å².